The zero-order valence-corrected chi connectivity index (χ0v) is 11.8. The molecule has 0 saturated carbocycles. The van der Waals surface area contributed by atoms with Crippen LogP contribution < -0.4 is 10.1 Å². The number of nitriles is 1. The maximum Gasteiger partial charge on any atom is 0.126 e. The van der Waals surface area contributed by atoms with E-state index in [4.69, 9.17) is 4.74 Å². The number of rotatable bonds is 7. The summed E-state index contributed by atoms with van der Waals surface area (Å²) in [5.41, 5.74) is 0.428. The fourth-order valence-corrected chi connectivity index (χ4v) is 1.95. The van der Waals surface area contributed by atoms with Crippen molar-refractivity contribution >= 4 is 0 Å². The minimum absolute atomic E-state index is 0.296. The molecule has 0 heterocycles. The highest BCUT2D eigenvalue weighted by Gasteiger charge is 2.24. The molecule has 0 spiro atoms. The average molecular weight is 264 g/mol. The average Bonchev–Trinajstić information content (AvgIpc) is 2.43. The van der Waals surface area contributed by atoms with Gasteiger partial charge in [-0.25, -0.2) is 4.39 Å². The lowest BCUT2D eigenvalue weighted by Gasteiger charge is -2.24. The lowest BCUT2D eigenvalue weighted by Crippen LogP contribution is -2.41. The maximum atomic E-state index is 13.1. The molecule has 104 valence electrons. The molecule has 0 saturated heterocycles. The summed E-state index contributed by atoms with van der Waals surface area (Å²) in [4.78, 5) is 0. The number of halogens is 1. The second-order valence-corrected chi connectivity index (χ2v) is 4.66. The predicted octanol–water partition coefficient (Wildman–Crippen LogP) is 3.18. The minimum atomic E-state index is -0.486. The number of hydrogen-bond acceptors (Lipinski definition) is 3. The summed E-state index contributed by atoms with van der Waals surface area (Å²) >= 11 is 0. The SMILES string of the molecule is CCC(C#N)(CCCOc1cc(F)ccc1C)NC. The van der Waals surface area contributed by atoms with Crippen LogP contribution in [-0.2, 0) is 0 Å². The van der Waals surface area contributed by atoms with Crippen molar-refractivity contribution in [2.45, 2.75) is 38.6 Å². The molecule has 1 aromatic carbocycles. The molecule has 19 heavy (non-hydrogen) atoms. The van der Waals surface area contributed by atoms with Crippen LogP contribution in [0.15, 0.2) is 18.2 Å². The largest absolute Gasteiger partial charge is 0.493 e. The van der Waals surface area contributed by atoms with Gasteiger partial charge in [-0.05, 0) is 44.9 Å². The Kier molecular flexibility index (Phi) is 5.78. The summed E-state index contributed by atoms with van der Waals surface area (Å²) < 4.78 is 18.6. The van der Waals surface area contributed by atoms with E-state index in [1.165, 1.54) is 12.1 Å². The second kappa shape index (κ2) is 7.10. The van der Waals surface area contributed by atoms with Gasteiger partial charge in [-0.2, -0.15) is 5.26 Å². The summed E-state index contributed by atoms with van der Waals surface area (Å²) in [6, 6.07) is 6.82. The second-order valence-electron chi connectivity index (χ2n) is 4.66. The third kappa shape index (κ3) is 4.22. The zero-order chi connectivity index (χ0) is 14.3. The Labute approximate surface area is 114 Å². The Morgan fingerprint density at radius 2 is 2.21 bits per heavy atom. The third-order valence-electron chi connectivity index (χ3n) is 3.45. The minimum Gasteiger partial charge on any atom is -0.493 e. The highest BCUT2D eigenvalue weighted by atomic mass is 19.1. The van der Waals surface area contributed by atoms with Crippen molar-refractivity contribution in [3.8, 4) is 11.8 Å². The quantitative estimate of drug-likeness (QED) is 0.769. The van der Waals surface area contributed by atoms with Crippen LogP contribution in [0.2, 0.25) is 0 Å². The van der Waals surface area contributed by atoms with Crippen LogP contribution in [0.25, 0.3) is 0 Å². The van der Waals surface area contributed by atoms with Gasteiger partial charge in [0.15, 0.2) is 0 Å². The summed E-state index contributed by atoms with van der Waals surface area (Å²) in [5, 5.41) is 12.2. The van der Waals surface area contributed by atoms with Crippen molar-refractivity contribution in [2.24, 2.45) is 0 Å². The number of benzene rings is 1. The van der Waals surface area contributed by atoms with Gasteiger partial charge in [0.25, 0.3) is 0 Å². The summed E-state index contributed by atoms with van der Waals surface area (Å²) in [6.45, 7) is 4.35. The molecule has 0 fully saturated rings. The molecule has 1 rings (SSSR count). The Hall–Kier alpha value is -1.60. The fraction of sp³-hybridized carbons (Fsp3) is 0.533. The number of aryl methyl sites for hydroxylation is 1. The molecule has 3 nitrogen and oxygen atoms in total. The smallest absolute Gasteiger partial charge is 0.126 e. The molecule has 0 aromatic heterocycles. The Morgan fingerprint density at radius 3 is 2.79 bits per heavy atom. The van der Waals surface area contributed by atoms with Gasteiger partial charge in [-0.3, -0.25) is 0 Å². The first-order chi connectivity index (χ1) is 9.06. The van der Waals surface area contributed by atoms with Crippen molar-refractivity contribution in [3.63, 3.8) is 0 Å². The van der Waals surface area contributed by atoms with E-state index >= 15 is 0 Å². The molecule has 0 aliphatic rings. The molecular formula is C15H21FN2O. The molecule has 4 heteroatoms. The molecular weight excluding hydrogens is 243 g/mol. The molecule has 1 aromatic rings. The van der Waals surface area contributed by atoms with Gasteiger partial charge in [-0.1, -0.05) is 13.0 Å². The van der Waals surface area contributed by atoms with Crippen LogP contribution in [0.3, 0.4) is 0 Å². The summed E-state index contributed by atoms with van der Waals surface area (Å²) in [7, 11) is 1.80. The van der Waals surface area contributed by atoms with E-state index < -0.39 is 5.54 Å². The molecule has 0 aliphatic heterocycles. The van der Waals surface area contributed by atoms with Gasteiger partial charge in [-0.15, -0.1) is 0 Å². The first kappa shape index (κ1) is 15.5. The van der Waals surface area contributed by atoms with Gasteiger partial charge in [0.05, 0.1) is 12.7 Å². The van der Waals surface area contributed by atoms with Gasteiger partial charge in [0.1, 0.15) is 17.1 Å². The normalized spacial score (nSPS) is 13.6. The van der Waals surface area contributed by atoms with Crippen molar-refractivity contribution in [2.75, 3.05) is 13.7 Å². The van der Waals surface area contributed by atoms with Gasteiger partial charge in [0, 0.05) is 6.07 Å². The number of hydrogen-bond donors (Lipinski definition) is 1. The Balaban J connectivity index is 2.47. The van der Waals surface area contributed by atoms with E-state index in [1.807, 2.05) is 13.8 Å². The van der Waals surface area contributed by atoms with E-state index in [-0.39, 0.29) is 5.82 Å². The Morgan fingerprint density at radius 1 is 1.47 bits per heavy atom. The van der Waals surface area contributed by atoms with Crippen molar-refractivity contribution in [3.05, 3.63) is 29.6 Å². The van der Waals surface area contributed by atoms with E-state index in [2.05, 4.69) is 11.4 Å². The van der Waals surface area contributed by atoms with E-state index in [0.29, 0.717) is 18.8 Å². The van der Waals surface area contributed by atoms with Gasteiger partial charge in [0.2, 0.25) is 0 Å². The maximum absolute atomic E-state index is 13.1. The molecule has 1 atom stereocenters. The van der Waals surface area contributed by atoms with E-state index in [1.54, 1.807) is 13.1 Å². The molecule has 0 aliphatic carbocycles. The van der Waals surface area contributed by atoms with Crippen LogP contribution in [0, 0.1) is 24.1 Å². The third-order valence-corrected chi connectivity index (χ3v) is 3.45. The highest BCUT2D eigenvalue weighted by molar-refractivity contribution is 5.32. The van der Waals surface area contributed by atoms with Crippen molar-refractivity contribution < 1.29 is 9.13 Å². The molecule has 0 radical (unpaired) electrons. The lowest BCUT2D eigenvalue weighted by molar-refractivity contribution is 0.279. The molecule has 0 amide bonds. The van der Waals surface area contributed by atoms with Crippen molar-refractivity contribution in [1.82, 2.24) is 5.32 Å². The van der Waals surface area contributed by atoms with Gasteiger partial charge >= 0.3 is 0 Å². The topological polar surface area (TPSA) is 45.0 Å². The number of nitrogens with one attached hydrogen (secondary N) is 1. The van der Waals surface area contributed by atoms with Crippen LogP contribution in [0.1, 0.15) is 31.7 Å². The molecule has 1 N–H and O–H groups in total. The summed E-state index contributed by atoms with van der Waals surface area (Å²) in [5.74, 6) is 0.277. The fourth-order valence-electron chi connectivity index (χ4n) is 1.95. The first-order valence-electron chi connectivity index (χ1n) is 6.56. The zero-order valence-electron chi connectivity index (χ0n) is 11.8. The molecule has 1 unspecified atom stereocenters. The molecule has 0 bridgehead atoms. The number of ether oxygens (including phenoxy) is 1. The van der Waals surface area contributed by atoms with E-state index in [9.17, 15) is 9.65 Å². The van der Waals surface area contributed by atoms with Crippen molar-refractivity contribution in [1.29, 1.82) is 5.26 Å². The van der Waals surface area contributed by atoms with Gasteiger partial charge < -0.3 is 10.1 Å². The lowest BCUT2D eigenvalue weighted by atomic mass is 9.92. The number of nitrogens with zero attached hydrogens (tertiary/aromatic N) is 1. The Bertz CT molecular complexity index is 450. The standard InChI is InChI=1S/C15H21FN2O/c1-4-15(11-17,18-3)8-5-9-19-14-10-13(16)7-6-12(14)2/h6-7,10,18H,4-5,8-9H2,1-3H3. The highest BCUT2D eigenvalue weighted by Crippen LogP contribution is 2.20. The van der Waals surface area contributed by atoms with Crippen LogP contribution in [0.5, 0.6) is 5.75 Å². The first-order valence-corrected chi connectivity index (χ1v) is 6.56. The predicted molar refractivity (Wildman–Crippen MR) is 73.6 cm³/mol. The van der Waals surface area contributed by atoms with Crippen LogP contribution in [-0.4, -0.2) is 19.2 Å². The van der Waals surface area contributed by atoms with Crippen LogP contribution >= 0.6 is 0 Å². The van der Waals surface area contributed by atoms with E-state index in [0.717, 1.165) is 18.4 Å². The van der Waals surface area contributed by atoms with Crippen LogP contribution in [0.4, 0.5) is 4.39 Å². The summed E-state index contributed by atoms with van der Waals surface area (Å²) in [6.07, 6.45) is 2.21. The monoisotopic (exact) mass is 264 g/mol.